The van der Waals surface area contributed by atoms with Gasteiger partial charge in [0, 0.05) is 13.1 Å². The lowest BCUT2D eigenvalue weighted by Gasteiger charge is -2.22. The summed E-state index contributed by atoms with van der Waals surface area (Å²) in [5.74, 6) is -0.147. The molecule has 3 aromatic carbocycles. The van der Waals surface area contributed by atoms with Crippen LogP contribution in [0.15, 0.2) is 90.1 Å². The molecule has 0 aromatic heterocycles. The first-order chi connectivity index (χ1) is 15.1. The number of benzene rings is 3. The molecule has 0 fully saturated rings. The van der Waals surface area contributed by atoms with E-state index >= 15 is 0 Å². The Labute approximate surface area is 179 Å². The molecule has 0 aliphatic heterocycles. The lowest BCUT2D eigenvalue weighted by Crippen LogP contribution is -2.32. The molecule has 31 heavy (non-hydrogen) atoms. The summed E-state index contributed by atoms with van der Waals surface area (Å²) >= 11 is 0. The van der Waals surface area contributed by atoms with Crippen LogP contribution in [0.2, 0.25) is 0 Å². The van der Waals surface area contributed by atoms with Crippen molar-refractivity contribution < 1.29 is 23.1 Å². The highest BCUT2D eigenvalue weighted by atomic mass is 19.3. The first-order valence-electron chi connectivity index (χ1n) is 9.66. The maximum absolute atomic E-state index is 12.8. The summed E-state index contributed by atoms with van der Waals surface area (Å²) in [6.07, 6.45) is 1.40. The summed E-state index contributed by atoms with van der Waals surface area (Å²) < 4.78 is 28.7. The van der Waals surface area contributed by atoms with Gasteiger partial charge in [0.25, 0.3) is 5.91 Å². The van der Waals surface area contributed by atoms with E-state index in [0.29, 0.717) is 18.7 Å². The van der Waals surface area contributed by atoms with Gasteiger partial charge in [0.05, 0.1) is 6.21 Å². The second-order valence-corrected chi connectivity index (χ2v) is 6.68. The Morgan fingerprint density at radius 2 is 1.42 bits per heavy atom. The van der Waals surface area contributed by atoms with E-state index in [9.17, 15) is 13.6 Å². The number of alkyl halides is 2. The van der Waals surface area contributed by atoms with Crippen LogP contribution in [0.5, 0.6) is 5.75 Å². The number of oxime groups is 1. The van der Waals surface area contributed by atoms with E-state index < -0.39 is 6.61 Å². The van der Waals surface area contributed by atoms with Gasteiger partial charge in [0.1, 0.15) is 5.75 Å². The Bertz CT molecular complexity index is 924. The Balaban J connectivity index is 1.57. The second kappa shape index (κ2) is 11.4. The van der Waals surface area contributed by atoms with Crippen molar-refractivity contribution in [1.82, 2.24) is 4.90 Å². The molecule has 0 aliphatic carbocycles. The van der Waals surface area contributed by atoms with E-state index in [0.717, 1.165) is 11.1 Å². The quantitative estimate of drug-likeness (QED) is 0.345. The number of hydrogen-bond donors (Lipinski definition) is 0. The van der Waals surface area contributed by atoms with E-state index in [2.05, 4.69) is 9.89 Å². The molecule has 3 rings (SSSR count). The highest BCUT2D eigenvalue weighted by Gasteiger charge is 2.15. The van der Waals surface area contributed by atoms with Gasteiger partial charge in [-0.05, 0) is 41.0 Å². The van der Waals surface area contributed by atoms with Gasteiger partial charge >= 0.3 is 6.61 Å². The van der Waals surface area contributed by atoms with Crippen LogP contribution in [-0.2, 0) is 22.7 Å². The van der Waals surface area contributed by atoms with Crippen LogP contribution in [0.4, 0.5) is 8.78 Å². The molecular formula is C24H22F2N2O3. The molecule has 5 nitrogen and oxygen atoms in total. The summed E-state index contributed by atoms with van der Waals surface area (Å²) in [4.78, 5) is 19.6. The fraction of sp³-hybridized carbons (Fsp3) is 0.167. The fourth-order valence-corrected chi connectivity index (χ4v) is 2.86. The summed E-state index contributed by atoms with van der Waals surface area (Å²) in [6.45, 7) is -2.19. The van der Waals surface area contributed by atoms with Crippen LogP contribution >= 0.6 is 0 Å². The average Bonchev–Trinajstić information content (AvgIpc) is 2.78. The van der Waals surface area contributed by atoms with Gasteiger partial charge in [-0.3, -0.25) is 4.79 Å². The van der Waals surface area contributed by atoms with Crippen LogP contribution in [0.3, 0.4) is 0 Å². The Morgan fingerprint density at radius 3 is 1.94 bits per heavy atom. The summed E-state index contributed by atoms with van der Waals surface area (Å²) in [5.41, 5.74) is 2.65. The topological polar surface area (TPSA) is 51.1 Å². The summed E-state index contributed by atoms with van der Waals surface area (Å²) in [7, 11) is 0. The van der Waals surface area contributed by atoms with Crippen molar-refractivity contribution in [2.45, 2.75) is 19.7 Å². The number of nitrogens with zero attached hydrogens (tertiary/aromatic N) is 2. The number of carbonyl (C=O) groups excluding carboxylic acids is 1. The second-order valence-electron chi connectivity index (χ2n) is 6.68. The Morgan fingerprint density at radius 1 is 0.871 bits per heavy atom. The van der Waals surface area contributed by atoms with Crippen molar-refractivity contribution >= 4 is 12.1 Å². The molecule has 0 saturated carbocycles. The number of rotatable bonds is 10. The van der Waals surface area contributed by atoms with Crippen molar-refractivity contribution in [2.75, 3.05) is 6.61 Å². The van der Waals surface area contributed by atoms with Crippen LogP contribution in [0.1, 0.15) is 16.7 Å². The summed E-state index contributed by atoms with van der Waals surface area (Å²) in [6, 6.07) is 25.4. The predicted octanol–water partition coefficient (Wildman–Crippen LogP) is 4.87. The number of ether oxygens (including phenoxy) is 1. The third-order valence-electron chi connectivity index (χ3n) is 4.35. The van der Waals surface area contributed by atoms with Gasteiger partial charge in [-0.25, -0.2) is 0 Å². The number of halogens is 2. The largest absolute Gasteiger partial charge is 0.435 e. The van der Waals surface area contributed by atoms with Crippen LogP contribution in [-0.4, -0.2) is 30.2 Å². The van der Waals surface area contributed by atoms with Gasteiger partial charge < -0.3 is 14.5 Å². The third kappa shape index (κ3) is 7.54. The van der Waals surface area contributed by atoms with Gasteiger partial charge in [-0.1, -0.05) is 65.8 Å². The standard InChI is InChI=1S/C24H22F2N2O3/c25-24(26)31-22-13-11-19(12-14-22)15-27-30-18-23(29)28(16-20-7-3-1-4-8-20)17-21-9-5-2-6-10-21/h1-15,24H,16-18H2/b27-15+. The third-order valence-corrected chi connectivity index (χ3v) is 4.35. The minimum atomic E-state index is -2.87. The minimum Gasteiger partial charge on any atom is -0.435 e. The van der Waals surface area contributed by atoms with E-state index in [1.807, 2.05) is 60.7 Å². The Kier molecular flexibility index (Phi) is 8.11. The SMILES string of the molecule is O=C(CO/N=C/c1ccc(OC(F)F)cc1)N(Cc1ccccc1)Cc1ccccc1. The molecule has 0 aliphatic rings. The minimum absolute atomic E-state index is 0.0562. The molecule has 160 valence electrons. The van der Waals surface area contributed by atoms with Gasteiger partial charge in [-0.2, -0.15) is 8.78 Å². The van der Waals surface area contributed by atoms with Gasteiger partial charge in [0.15, 0.2) is 6.61 Å². The average molecular weight is 424 g/mol. The lowest BCUT2D eigenvalue weighted by atomic mass is 10.1. The van der Waals surface area contributed by atoms with Gasteiger partial charge in [0.2, 0.25) is 0 Å². The van der Waals surface area contributed by atoms with E-state index in [1.54, 1.807) is 17.0 Å². The maximum Gasteiger partial charge on any atom is 0.387 e. The number of amides is 1. The summed E-state index contributed by atoms with van der Waals surface area (Å²) in [5, 5.41) is 3.81. The smallest absolute Gasteiger partial charge is 0.387 e. The molecule has 0 N–H and O–H groups in total. The number of carbonyl (C=O) groups is 1. The van der Waals surface area contributed by atoms with Crippen molar-refractivity contribution in [1.29, 1.82) is 0 Å². The molecule has 0 unspecified atom stereocenters. The molecular weight excluding hydrogens is 402 g/mol. The highest BCUT2D eigenvalue weighted by molar-refractivity contribution is 5.80. The maximum atomic E-state index is 12.8. The highest BCUT2D eigenvalue weighted by Crippen LogP contribution is 2.14. The van der Waals surface area contributed by atoms with Crippen molar-refractivity contribution in [3.63, 3.8) is 0 Å². The zero-order chi connectivity index (χ0) is 21.9. The molecule has 0 spiro atoms. The number of hydrogen-bond acceptors (Lipinski definition) is 4. The first-order valence-corrected chi connectivity index (χ1v) is 9.66. The Hall–Kier alpha value is -3.74. The monoisotopic (exact) mass is 424 g/mol. The molecule has 1 amide bonds. The van der Waals surface area contributed by atoms with Crippen LogP contribution < -0.4 is 4.74 Å². The molecule has 0 radical (unpaired) electrons. The predicted molar refractivity (Wildman–Crippen MR) is 114 cm³/mol. The van der Waals surface area contributed by atoms with Crippen LogP contribution in [0.25, 0.3) is 0 Å². The molecule has 0 atom stereocenters. The lowest BCUT2D eigenvalue weighted by molar-refractivity contribution is -0.137. The van der Waals surface area contributed by atoms with Crippen molar-refractivity contribution in [3.8, 4) is 5.75 Å². The molecule has 3 aromatic rings. The zero-order valence-corrected chi connectivity index (χ0v) is 16.7. The van der Waals surface area contributed by atoms with Crippen LogP contribution in [0, 0.1) is 0 Å². The van der Waals surface area contributed by atoms with E-state index in [4.69, 9.17) is 4.84 Å². The molecule has 0 saturated heterocycles. The van der Waals surface area contributed by atoms with E-state index in [-0.39, 0.29) is 18.3 Å². The molecule has 0 bridgehead atoms. The van der Waals surface area contributed by atoms with E-state index in [1.165, 1.54) is 18.3 Å². The molecule has 0 heterocycles. The normalized spacial score (nSPS) is 10.9. The zero-order valence-electron chi connectivity index (χ0n) is 16.7. The molecule has 7 heteroatoms. The fourth-order valence-electron chi connectivity index (χ4n) is 2.86. The van der Waals surface area contributed by atoms with Crippen molar-refractivity contribution in [3.05, 3.63) is 102 Å². The van der Waals surface area contributed by atoms with Gasteiger partial charge in [-0.15, -0.1) is 0 Å². The van der Waals surface area contributed by atoms with Crippen molar-refractivity contribution in [2.24, 2.45) is 5.16 Å². The first kappa shape index (κ1) is 22.0.